The van der Waals surface area contributed by atoms with Gasteiger partial charge >= 0.3 is 5.97 Å². The van der Waals surface area contributed by atoms with Gasteiger partial charge in [-0.2, -0.15) is 0 Å². The molecule has 1 atom stereocenters. The summed E-state index contributed by atoms with van der Waals surface area (Å²) in [5, 5.41) is 2.83. The Labute approximate surface area is 177 Å². The molecule has 7 heteroatoms. The molecule has 0 spiro atoms. The average Bonchev–Trinajstić information content (AvgIpc) is 2.69. The van der Waals surface area contributed by atoms with Gasteiger partial charge in [0, 0.05) is 13.0 Å². The lowest BCUT2D eigenvalue weighted by Crippen LogP contribution is -2.42. The summed E-state index contributed by atoms with van der Waals surface area (Å²) in [7, 11) is 0. The van der Waals surface area contributed by atoms with Crippen LogP contribution in [0, 0.1) is 0 Å². The standard InChI is InChI=1S/C22H44N4O3/c1-3-5-7-8-9-10-11-12-13-16-20(27)26-19(15-14-17-25-22(23)24)21(28)29-18-6-4-2/h19H,3-18H2,1-2H3,(H,26,27)(H4,23,24,25)/t19-/m0/s1. The maximum Gasteiger partial charge on any atom is 0.328 e. The van der Waals surface area contributed by atoms with Gasteiger partial charge < -0.3 is 21.5 Å². The van der Waals surface area contributed by atoms with Crippen molar-refractivity contribution in [2.45, 2.75) is 110 Å². The molecule has 0 fully saturated rings. The predicted molar refractivity (Wildman–Crippen MR) is 120 cm³/mol. The molecule has 0 heterocycles. The molecule has 0 rings (SSSR count). The number of ether oxygens (including phenoxy) is 1. The van der Waals surface area contributed by atoms with E-state index < -0.39 is 6.04 Å². The van der Waals surface area contributed by atoms with Crippen molar-refractivity contribution in [1.82, 2.24) is 5.32 Å². The van der Waals surface area contributed by atoms with Crippen LogP contribution in [0.25, 0.3) is 0 Å². The van der Waals surface area contributed by atoms with Crippen molar-refractivity contribution in [2.75, 3.05) is 13.2 Å². The van der Waals surface area contributed by atoms with Gasteiger partial charge in [-0.05, 0) is 25.7 Å². The normalized spacial score (nSPS) is 11.7. The van der Waals surface area contributed by atoms with Gasteiger partial charge in [0.1, 0.15) is 6.04 Å². The van der Waals surface area contributed by atoms with Gasteiger partial charge in [0.25, 0.3) is 0 Å². The van der Waals surface area contributed by atoms with E-state index in [4.69, 9.17) is 16.2 Å². The summed E-state index contributed by atoms with van der Waals surface area (Å²) >= 11 is 0. The summed E-state index contributed by atoms with van der Waals surface area (Å²) in [6, 6.07) is -0.632. The van der Waals surface area contributed by atoms with Crippen molar-refractivity contribution in [2.24, 2.45) is 16.5 Å². The van der Waals surface area contributed by atoms with E-state index in [1.165, 1.54) is 44.9 Å². The Morgan fingerprint density at radius 2 is 1.45 bits per heavy atom. The molecule has 0 aromatic carbocycles. The van der Waals surface area contributed by atoms with Gasteiger partial charge in [-0.15, -0.1) is 0 Å². The highest BCUT2D eigenvalue weighted by molar-refractivity contribution is 5.84. The number of carbonyl (C=O) groups excluding carboxylic acids is 2. The third-order valence-electron chi connectivity index (χ3n) is 4.81. The molecule has 0 saturated heterocycles. The van der Waals surface area contributed by atoms with Crippen LogP contribution < -0.4 is 16.8 Å². The summed E-state index contributed by atoms with van der Waals surface area (Å²) in [4.78, 5) is 28.5. The van der Waals surface area contributed by atoms with Crippen LogP contribution in [-0.4, -0.2) is 37.0 Å². The molecule has 0 aromatic rings. The van der Waals surface area contributed by atoms with Crippen molar-refractivity contribution >= 4 is 17.8 Å². The van der Waals surface area contributed by atoms with Crippen molar-refractivity contribution in [3.63, 3.8) is 0 Å². The lowest BCUT2D eigenvalue weighted by molar-refractivity contribution is -0.148. The van der Waals surface area contributed by atoms with E-state index in [0.717, 1.165) is 25.7 Å². The fourth-order valence-electron chi connectivity index (χ4n) is 3.03. The van der Waals surface area contributed by atoms with E-state index in [2.05, 4.69) is 17.2 Å². The first-order valence-electron chi connectivity index (χ1n) is 11.5. The molecule has 0 unspecified atom stereocenters. The molecular formula is C22H44N4O3. The lowest BCUT2D eigenvalue weighted by atomic mass is 10.1. The maximum atomic E-state index is 12.3. The number of nitrogens with two attached hydrogens (primary N) is 2. The summed E-state index contributed by atoms with van der Waals surface area (Å²) < 4.78 is 5.28. The largest absolute Gasteiger partial charge is 0.464 e. The Balaban J connectivity index is 4.13. The van der Waals surface area contributed by atoms with Crippen molar-refractivity contribution in [3.05, 3.63) is 0 Å². The first-order chi connectivity index (χ1) is 14.0. The molecule has 0 aliphatic heterocycles. The maximum absolute atomic E-state index is 12.3. The molecule has 0 aromatic heterocycles. The first kappa shape index (κ1) is 27.2. The number of unbranched alkanes of at least 4 members (excludes halogenated alkanes) is 9. The Hall–Kier alpha value is -1.79. The molecule has 170 valence electrons. The summed E-state index contributed by atoms with van der Waals surface area (Å²) in [5.74, 6) is -0.433. The summed E-state index contributed by atoms with van der Waals surface area (Å²) in [6.07, 6.45) is 14.1. The van der Waals surface area contributed by atoms with Gasteiger partial charge in [-0.1, -0.05) is 71.6 Å². The molecular weight excluding hydrogens is 368 g/mol. The Kier molecular flexibility index (Phi) is 18.3. The number of hydrogen-bond acceptors (Lipinski definition) is 4. The van der Waals surface area contributed by atoms with Crippen LogP contribution >= 0.6 is 0 Å². The minimum Gasteiger partial charge on any atom is -0.464 e. The van der Waals surface area contributed by atoms with E-state index in [-0.39, 0.29) is 17.8 Å². The second-order valence-corrected chi connectivity index (χ2v) is 7.67. The lowest BCUT2D eigenvalue weighted by Gasteiger charge is -2.17. The van der Waals surface area contributed by atoms with Gasteiger partial charge in [0.15, 0.2) is 5.96 Å². The number of hydrogen-bond donors (Lipinski definition) is 3. The van der Waals surface area contributed by atoms with Crippen molar-refractivity contribution < 1.29 is 14.3 Å². The van der Waals surface area contributed by atoms with Crippen molar-refractivity contribution in [3.8, 4) is 0 Å². The Bertz CT molecular complexity index is 451. The third kappa shape index (κ3) is 18.0. The van der Waals surface area contributed by atoms with Gasteiger partial charge in [-0.3, -0.25) is 9.79 Å². The molecule has 0 aliphatic carbocycles. The molecule has 0 bridgehead atoms. The highest BCUT2D eigenvalue weighted by atomic mass is 16.5. The van der Waals surface area contributed by atoms with Crippen LogP contribution in [0.3, 0.4) is 0 Å². The van der Waals surface area contributed by atoms with Crippen LogP contribution in [0.2, 0.25) is 0 Å². The number of nitrogens with zero attached hydrogens (tertiary/aromatic N) is 1. The Morgan fingerprint density at radius 1 is 0.862 bits per heavy atom. The predicted octanol–water partition coefficient (Wildman–Crippen LogP) is 3.79. The van der Waals surface area contributed by atoms with E-state index in [1.807, 2.05) is 6.92 Å². The van der Waals surface area contributed by atoms with Crippen LogP contribution in [0.1, 0.15) is 104 Å². The van der Waals surface area contributed by atoms with E-state index in [9.17, 15) is 9.59 Å². The zero-order chi connectivity index (χ0) is 21.7. The van der Waals surface area contributed by atoms with E-state index in [0.29, 0.717) is 32.4 Å². The molecule has 0 aliphatic rings. The third-order valence-corrected chi connectivity index (χ3v) is 4.81. The van der Waals surface area contributed by atoms with Crippen molar-refractivity contribution in [1.29, 1.82) is 0 Å². The molecule has 5 N–H and O–H groups in total. The van der Waals surface area contributed by atoms with Gasteiger partial charge in [-0.25, -0.2) is 4.79 Å². The summed E-state index contributed by atoms with van der Waals surface area (Å²) in [6.45, 7) is 5.07. The van der Waals surface area contributed by atoms with Crippen LogP contribution in [0.4, 0.5) is 0 Å². The zero-order valence-electron chi connectivity index (χ0n) is 18.7. The minimum absolute atomic E-state index is 0.0291. The first-order valence-corrected chi connectivity index (χ1v) is 11.5. The molecule has 7 nitrogen and oxygen atoms in total. The van der Waals surface area contributed by atoms with E-state index >= 15 is 0 Å². The SMILES string of the molecule is CCCCCCCCCCCC(=O)N[C@@H](CCCN=C(N)N)C(=O)OCCCC. The molecule has 1 amide bonds. The zero-order valence-corrected chi connectivity index (χ0v) is 18.7. The second-order valence-electron chi connectivity index (χ2n) is 7.67. The smallest absolute Gasteiger partial charge is 0.328 e. The number of carbonyl (C=O) groups is 2. The molecule has 0 radical (unpaired) electrons. The van der Waals surface area contributed by atoms with Gasteiger partial charge in [0.2, 0.25) is 5.91 Å². The monoisotopic (exact) mass is 412 g/mol. The number of nitrogens with one attached hydrogen (secondary N) is 1. The topological polar surface area (TPSA) is 120 Å². The second kappa shape index (κ2) is 19.5. The highest BCUT2D eigenvalue weighted by Crippen LogP contribution is 2.11. The molecule has 29 heavy (non-hydrogen) atoms. The number of aliphatic imine (C=N–C) groups is 1. The fraction of sp³-hybridized carbons (Fsp3) is 0.864. The number of rotatable bonds is 19. The number of guanidine groups is 1. The fourth-order valence-corrected chi connectivity index (χ4v) is 3.03. The molecule has 0 saturated carbocycles. The average molecular weight is 413 g/mol. The van der Waals surface area contributed by atoms with Crippen LogP contribution in [-0.2, 0) is 14.3 Å². The quantitative estimate of drug-likeness (QED) is 0.129. The van der Waals surface area contributed by atoms with Crippen LogP contribution in [0.5, 0.6) is 0 Å². The highest BCUT2D eigenvalue weighted by Gasteiger charge is 2.21. The number of amides is 1. The summed E-state index contributed by atoms with van der Waals surface area (Å²) in [5.41, 5.74) is 10.6. The van der Waals surface area contributed by atoms with Gasteiger partial charge in [0.05, 0.1) is 6.61 Å². The van der Waals surface area contributed by atoms with E-state index in [1.54, 1.807) is 0 Å². The number of esters is 1. The minimum atomic E-state index is -0.632. The van der Waals surface area contributed by atoms with Crippen LogP contribution in [0.15, 0.2) is 4.99 Å². The Morgan fingerprint density at radius 3 is 2.03 bits per heavy atom.